The predicted octanol–water partition coefficient (Wildman–Crippen LogP) is 6.71. The van der Waals surface area contributed by atoms with Crippen molar-refractivity contribution in [3.8, 4) is 5.75 Å². The van der Waals surface area contributed by atoms with E-state index in [4.69, 9.17) is 14.0 Å². The van der Waals surface area contributed by atoms with Gasteiger partial charge in [0.1, 0.15) is 5.60 Å². The first-order valence-electron chi connectivity index (χ1n) is 12.2. The summed E-state index contributed by atoms with van der Waals surface area (Å²) < 4.78 is 103. The second-order valence-corrected chi connectivity index (χ2v) is 16.6. The number of carboxylic acids is 1. The quantitative estimate of drug-likeness (QED) is 0.0614. The van der Waals surface area contributed by atoms with E-state index in [9.17, 15) is 45.5 Å². The average Bonchev–Trinajstić information content (AvgIpc) is 2.88. The summed E-state index contributed by atoms with van der Waals surface area (Å²) in [5, 5.41) is 9.92. The van der Waals surface area contributed by atoms with Crippen LogP contribution in [0.2, 0.25) is 0 Å². The van der Waals surface area contributed by atoms with Gasteiger partial charge in [-0.1, -0.05) is 0 Å². The highest BCUT2D eigenvalue weighted by molar-refractivity contribution is 14.1. The Morgan fingerprint density at radius 2 is 1.28 bits per heavy atom. The molecule has 2 unspecified atom stereocenters. The number of benzene rings is 2. The first-order valence-corrected chi connectivity index (χ1v) is 18.0. The standard InChI is InChI=1S/C25H16F4I4O9S/c26-11-13(28)20(43(38,39)40)14(29)12(27)19(11)41-23(37)24-2-7-1-8(3-24)5-25(4-7,6-24)42-22(36)10-9(21(34)35)15(30)17(32)18(33)16(10)31/h7-8H,1-6H2,(H,34,35)(H,38,39,40). The Hall–Kier alpha value is -0.600. The summed E-state index contributed by atoms with van der Waals surface area (Å²) in [6.45, 7) is 0. The number of hydrogen-bond donors (Lipinski definition) is 2. The molecule has 6 rings (SSSR count). The zero-order chi connectivity index (χ0) is 32.0. The first kappa shape index (κ1) is 33.8. The summed E-state index contributed by atoms with van der Waals surface area (Å²) >= 11 is 7.69. The maximum absolute atomic E-state index is 14.7. The largest absolute Gasteiger partial charge is 0.478 e. The Morgan fingerprint density at radius 3 is 1.74 bits per heavy atom. The van der Waals surface area contributed by atoms with Crippen LogP contribution in [-0.4, -0.2) is 41.6 Å². The molecule has 4 aliphatic carbocycles. The molecule has 43 heavy (non-hydrogen) atoms. The number of rotatable bonds is 6. The van der Waals surface area contributed by atoms with Gasteiger partial charge in [0.05, 0.1) is 16.5 Å². The minimum Gasteiger partial charge on any atom is -0.478 e. The first-order chi connectivity index (χ1) is 19.8. The van der Waals surface area contributed by atoms with E-state index in [-0.39, 0.29) is 42.2 Å². The molecular weight excluding hydrogens is 1060 g/mol. The molecule has 2 atom stereocenters. The van der Waals surface area contributed by atoms with Gasteiger partial charge in [0, 0.05) is 20.7 Å². The molecule has 9 nitrogen and oxygen atoms in total. The third kappa shape index (κ3) is 5.68. The molecule has 0 aromatic heterocycles. The van der Waals surface area contributed by atoms with Gasteiger partial charge in [0.25, 0.3) is 0 Å². The number of ether oxygens (including phenoxy) is 2. The molecular formula is C25H16F4I4O9S. The molecule has 18 heteroatoms. The number of hydrogen-bond acceptors (Lipinski definition) is 7. The molecule has 4 bridgehead atoms. The van der Waals surface area contributed by atoms with Crippen LogP contribution in [0.4, 0.5) is 17.6 Å². The average molecular weight is 1080 g/mol. The third-order valence-corrected chi connectivity index (χ3v) is 16.4. The number of esters is 2. The molecule has 4 aliphatic rings. The summed E-state index contributed by atoms with van der Waals surface area (Å²) in [5.41, 5.74) is -3.12. The second-order valence-electron chi connectivity index (χ2n) is 10.9. The van der Waals surface area contributed by atoms with Gasteiger partial charge >= 0.3 is 28.0 Å². The number of carbonyl (C=O) groups is 3. The van der Waals surface area contributed by atoms with Crippen LogP contribution in [0.5, 0.6) is 5.75 Å². The smallest absolute Gasteiger partial charge is 0.340 e. The summed E-state index contributed by atoms with van der Waals surface area (Å²) in [7, 11) is -5.71. The van der Waals surface area contributed by atoms with Gasteiger partial charge < -0.3 is 14.6 Å². The van der Waals surface area contributed by atoms with Crippen molar-refractivity contribution in [2.75, 3.05) is 0 Å². The van der Waals surface area contributed by atoms with Crippen LogP contribution in [0.3, 0.4) is 0 Å². The van der Waals surface area contributed by atoms with E-state index in [1.165, 1.54) is 0 Å². The lowest BCUT2D eigenvalue weighted by molar-refractivity contribution is -0.190. The zero-order valence-corrected chi connectivity index (χ0v) is 30.5. The molecule has 2 N–H and O–H groups in total. The van der Waals surface area contributed by atoms with E-state index < -0.39 is 73.0 Å². The molecule has 232 valence electrons. The van der Waals surface area contributed by atoms with Gasteiger partial charge in [0.2, 0.25) is 17.4 Å². The highest BCUT2D eigenvalue weighted by atomic mass is 127. The number of carboxylic acid groups (broad SMARTS) is 1. The number of aromatic carboxylic acids is 1. The van der Waals surface area contributed by atoms with Crippen LogP contribution in [0.15, 0.2) is 4.90 Å². The zero-order valence-electron chi connectivity index (χ0n) is 21.1. The number of carbonyl (C=O) groups excluding carboxylic acids is 2. The van der Waals surface area contributed by atoms with Crippen LogP contribution >= 0.6 is 90.4 Å². The minimum absolute atomic E-state index is 0.149. The Balaban J connectivity index is 1.50. The van der Waals surface area contributed by atoms with Crippen LogP contribution in [-0.2, 0) is 19.6 Å². The monoisotopic (exact) mass is 1080 g/mol. The van der Waals surface area contributed by atoms with Crippen molar-refractivity contribution < 1.29 is 59.5 Å². The Bertz CT molecular complexity index is 1710. The molecule has 2 aromatic rings. The van der Waals surface area contributed by atoms with Crippen LogP contribution in [0.1, 0.15) is 59.2 Å². The van der Waals surface area contributed by atoms with Crippen LogP contribution in [0.25, 0.3) is 0 Å². The van der Waals surface area contributed by atoms with Gasteiger partial charge in [-0.2, -0.15) is 17.2 Å². The molecule has 0 saturated heterocycles. The Labute approximate surface area is 295 Å². The Kier molecular flexibility index (Phi) is 9.09. The summed E-state index contributed by atoms with van der Waals surface area (Å²) in [4.78, 5) is 37.1. The van der Waals surface area contributed by atoms with Gasteiger partial charge in [-0.05, 0) is 134 Å². The van der Waals surface area contributed by atoms with Crippen LogP contribution < -0.4 is 4.74 Å². The maximum Gasteiger partial charge on any atom is 0.340 e. The summed E-state index contributed by atoms with van der Waals surface area (Å²) in [6, 6.07) is 0. The maximum atomic E-state index is 14.7. The van der Waals surface area contributed by atoms with Crippen molar-refractivity contribution in [3.05, 3.63) is 48.7 Å². The van der Waals surface area contributed by atoms with Crippen molar-refractivity contribution in [1.82, 2.24) is 0 Å². The minimum atomic E-state index is -5.71. The number of halogens is 8. The topological polar surface area (TPSA) is 144 Å². The Morgan fingerprint density at radius 1 is 0.791 bits per heavy atom. The fraction of sp³-hybridized carbons (Fsp3) is 0.400. The fourth-order valence-electron chi connectivity index (χ4n) is 6.92. The second kappa shape index (κ2) is 11.6. The molecule has 2 aromatic carbocycles. The normalized spacial score (nSPS) is 26.0. The van der Waals surface area contributed by atoms with Gasteiger partial charge in [-0.25, -0.2) is 18.4 Å². The molecule has 0 radical (unpaired) electrons. The molecule has 0 heterocycles. The molecule has 0 amide bonds. The van der Waals surface area contributed by atoms with Crippen molar-refractivity contribution in [2.45, 2.75) is 49.0 Å². The van der Waals surface area contributed by atoms with E-state index in [1.807, 2.05) is 90.4 Å². The lowest BCUT2D eigenvalue weighted by Crippen LogP contribution is -2.60. The highest BCUT2D eigenvalue weighted by Gasteiger charge is 2.63. The molecule has 0 spiro atoms. The lowest BCUT2D eigenvalue weighted by atomic mass is 9.48. The van der Waals surface area contributed by atoms with E-state index in [0.29, 0.717) is 33.5 Å². The van der Waals surface area contributed by atoms with E-state index in [0.717, 1.165) is 0 Å². The lowest BCUT2D eigenvalue weighted by Gasteiger charge is -2.59. The van der Waals surface area contributed by atoms with Gasteiger partial charge in [-0.3, -0.25) is 9.35 Å². The van der Waals surface area contributed by atoms with Crippen LogP contribution in [0, 0.1) is 54.8 Å². The van der Waals surface area contributed by atoms with E-state index in [2.05, 4.69) is 0 Å². The summed E-state index contributed by atoms with van der Waals surface area (Å²) in [6.07, 6.45) is 1.48. The van der Waals surface area contributed by atoms with Crippen molar-refractivity contribution in [2.24, 2.45) is 17.3 Å². The molecule has 0 aliphatic heterocycles. The van der Waals surface area contributed by atoms with E-state index in [1.54, 1.807) is 0 Å². The van der Waals surface area contributed by atoms with Crippen molar-refractivity contribution in [1.29, 1.82) is 0 Å². The third-order valence-electron chi connectivity index (χ3n) is 8.07. The van der Waals surface area contributed by atoms with Crippen molar-refractivity contribution in [3.63, 3.8) is 0 Å². The molecule has 4 saturated carbocycles. The highest BCUT2D eigenvalue weighted by Crippen LogP contribution is 2.63. The predicted molar refractivity (Wildman–Crippen MR) is 171 cm³/mol. The van der Waals surface area contributed by atoms with Crippen molar-refractivity contribution >= 4 is 118 Å². The molecule has 4 fully saturated rings. The van der Waals surface area contributed by atoms with E-state index >= 15 is 0 Å². The van der Waals surface area contributed by atoms with Gasteiger partial charge in [0.15, 0.2) is 16.5 Å². The SMILES string of the molecule is O=C(O)c1c(I)c(I)c(I)c(I)c1C(=O)OC12CC3CC(C1)CC(C(=O)Oc1c(F)c(F)c(S(=O)(=O)O)c(F)c1F)(C3)C2. The summed E-state index contributed by atoms with van der Waals surface area (Å²) in [5.74, 6) is -15.3. The van der Waals surface area contributed by atoms with Gasteiger partial charge in [-0.15, -0.1) is 0 Å². The fourth-order valence-corrected chi connectivity index (χ4v) is 11.2.